The van der Waals surface area contributed by atoms with Crippen molar-refractivity contribution < 1.29 is 9.53 Å². The summed E-state index contributed by atoms with van der Waals surface area (Å²) in [5.74, 6) is -0.0269. The van der Waals surface area contributed by atoms with E-state index in [2.05, 4.69) is 21.6 Å². The van der Waals surface area contributed by atoms with Gasteiger partial charge in [-0.3, -0.25) is 9.89 Å². The minimum Gasteiger partial charge on any atom is -0.466 e. The van der Waals surface area contributed by atoms with Crippen molar-refractivity contribution in [2.75, 3.05) is 11.9 Å². The Morgan fingerprint density at radius 2 is 2.38 bits per heavy atom. The molecular formula is C16H21N3O2. The van der Waals surface area contributed by atoms with Gasteiger partial charge in [-0.2, -0.15) is 5.10 Å². The fourth-order valence-electron chi connectivity index (χ4n) is 3.10. The van der Waals surface area contributed by atoms with Crippen LogP contribution in [0.5, 0.6) is 0 Å². The summed E-state index contributed by atoms with van der Waals surface area (Å²) in [5, 5.41) is 11.8. The van der Waals surface area contributed by atoms with Gasteiger partial charge in [0.2, 0.25) is 0 Å². The summed E-state index contributed by atoms with van der Waals surface area (Å²) in [5.41, 5.74) is 2.08. The first-order chi connectivity index (χ1) is 10.3. The molecule has 0 radical (unpaired) electrons. The number of hydrogen-bond acceptors (Lipinski definition) is 4. The molecule has 1 fully saturated rings. The van der Waals surface area contributed by atoms with Crippen LogP contribution in [0, 0.1) is 5.92 Å². The molecule has 1 aromatic carbocycles. The highest BCUT2D eigenvalue weighted by Crippen LogP contribution is 2.29. The Hall–Kier alpha value is -2.04. The van der Waals surface area contributed by atoms with E-state index >= 15 is 0 Å². The molecule has 2 aromatic rings. The molecule has 5 nitrogen and oxygen atoms in total. The summed E-state index contributed by atoms with van der Waals surface area (Å²) in [6.45, 7) is 2.32. The predicted molar refractivity (Wildman–Crippen MR) is 82.1 cm³/mol. The predicted octanol–water partition coefficient (Wildman–Crippen LogP) is 3.10. The maximum absolute atomic E-state index is 11.9. The highest BCUT2D eigenvalue weighted by Gasteiger charge is 2.28. The number of ether oxygens (including phenoxy) is 1. The van der Waals surface area contributed by atoms with Crippen LogP contribution < -0.4 is 5.32 Å². The van der Waals surface area contributed by atoms with Gasteiger partial charge >= 0.3 is 5.97 Å². The normalized spacial score (nSPS) is 22.1. The van der Waals surface area contributed by atoms with Crippen LogP contribution in [-0.4, -0.2) is 28.8 Å². The highest BCUT2D eigenvalue weighted by molar-refractivity contribution is 5.90. The monoisotopic (exact) mass is 287 g/mol. The van der Waals surface area contributed by atoms with Crippen LogP contribution in [0.15, 0.2) is 24.4 Å². The molecule has 0 bridgehead atoms. The Labute approximate surface area is 124 Å². The maximum Gasteiger partial charge on any atom is 0.308 e. The number of H-pyrrole nitrogens is 1. The smallest absolute Gasteiger partial charge is 0.308 e. The third-order valence-corrected chi connectivity index (χ3v) is 4.13. The second-order valence-corrected chi connectivity index (χ2v) is 5.60. The Balaban J connectivity index is 1.70. The van der Waals surface area contributed by atoms with E-state index in [9.17, 15) is 4.79 Å². The summed E-state index contributed by atoms with van der Waals surface area (Å²) < 4.78 is 5.15. The van der Waals surface area contributed by atoms with Crippen LogP contribution in [0.3, 0.4) is 0 Å². The number of benzene rings is 1. The quantitative estimate of drug-likeness (QED) is 0.848. The van der Waals surface area contributed by atoms with Gasteiger partial charge in [0, 0.05) is 11.4 Å². The maximum atomic E-state index is 11.9. The van der Waals surface area contributed by atoms with Crippen molar-refractivity contribution in [1.82, 2.24) is 10.2 Å². The van der Waals surface area contributed by atoms with Crippen LogP contribution in [0.1, 0.15) is 32.6 Å². The van der Waals surface area contributed by atoms with Crippen LogP contribution in [0.25, 0.3) is 10.9 Å². The van der Waals surface area contributed by atoms with Crippen molar-refractivity contribution in [1.29, 1.82) is 0 Å². The highest BCUT2D eigenvalue weighted by atomic mass is 16.5. The van der Waals surface area contributed by atoms with Crippen LogP contribution in [-0.2, 0) is 9.53 Å². The van der Waals surface area contributed by atoms with E-state index in [1.165, 1.54) is 0 Å². The van der Waals surface area contributed by atoms with Gasteiger partial charge in [0.25, 0.3) is 0 Å². The number of aromatic nitrogens is 2. The van der Waals surface area contributed by atoms with Crippen molar-refractivity contribution in [2.24, 2.45) is 5.92 Å². The van der Waals surface area contributed by atoms with Crippen LogP contribution in [0.4, 0.5) is 5.69 Å². The minimum absolute atomic E-state index is 0.0252. The topological polar surface area (TPSA) is 67.0 Å². The molecule has 1 aliphatic carbocycles. The molecule has 2 N–H and O–H groups in total. The lowest BCUT2D eigenvalue weighted by Crippen LogP contribution is -2.32. The molecule has 0 spiro atoms. The summed E-state index contributed by atoms with van der Waals surface area (Å²) in [7, 11) is 0. The standard InChI is InChI=1S/C16H21N3O2/c1-2-21-16(20)11-5-3-7-13(9-11)18-14-8-4-6-12-10-17-19-15(12)14/h4,6,8,10-11,13,18H,2-3,5,7,9H2,1H3,(H,17,19). The molecule has 5 heteroatoms. The molecule has 1 saturated carbocycles. The van der Waals surface area contributed by atoms with Crippen molar-refractivity contribution in [3.63, 3.8) is 0 Å². The van der Waals surface area contributed by atoms with E-state index in [1.54, 1.807) is 0 Å². The first-order valence-corrected chi connectivity index (χ1v) is 7.63. The van der Waals surface area contributed by atoms with Crippen molar-refractivity contribution >= 4 is 22.6 Å². The number of anilines is 1. The number of rotatable bonds is 4. The molecule has 2 atom stereocenters. The van der Waals surface area contributed by atoms with Crippen LogP contribution >= 0.6 is 0 Å². The van der Waals surface area contributed by atoms with Gasteiger partial charge in [-0.15, -0.1) is 0 Å². The molecule has 1 aliphatic rings. The molecule has 2 unspecified atom stereocenters. The van der Waals surface area contributed by atoms with E-state index in [0.717, 1.165) is 42.3 Å². The molecule has 21 heavy (non-hydrogen) atoms. The third kappa shape index (κ3) is 3.01. The molecule has 0 aliphatic heterocycles. The SMILES string of the molecule is CCOC(=O)C1CCCC(Nc2cccc3cn[nH]c23)C1. The number of carbonyl (C=O) groups is 1. The summed E-state index contributed by atoms with van der Waals surface area (Å²) >= 11 is 0. The lowest BCUT2D eigenvalue weighted by atomic mass is 9.85. The fourth-order valence-corrected chi connectivity index (χ4v) is 3.10. The number of para-hydroxylation sites is 1. The van der Waals surface area contributed by atoms with Crippen LogP contribution in [0.2, 0.25) is 0 Å². The molecule has 1 aromatic heterocycles. The van der Waals surface area contributed by atoms with Gasteiger partial charge in [0.1, 0.15) is 0 Å². The Kier molecular flexibility index (Phi) is 4.08. The van der Waals surface area contributed by atoms with Gasteiger partial charge in [-0.1, -0.05) is 18.6 Å². The summed E-state index contributed by atoms with van der Waals surface area (Å²) in [4.78, 5) is 11.9. The number of carbonyl (C=O) groups excluding carboxylic acids is 1. The van der Waals surface area contributed by atoms with Gasteiger partial charge in [-0.25, -0.2) is 0 Å². The largest absolute Gasteiger partial charge is 0.466 e. The van der Waals surface area contributed by atoms with E-state index in [1.807, 2.05) is 25.3 Å². The molecule has 112 valence electrons. The first kappa shape index (κ1) is 13.9. The number of aromatic amines is 1. The Morgan fingerprint density at radius 1 is 1.48 bits per heavy atom. The van der Waals surface area contributed by atoms with Gasteiger partial charge < -0.3 is 10.1 Å². The molecule has 0 amide bonds. The summed E-state index contributed by atoms with van der Waals surface area (Å²) in [6, 6.07) is 6.41. The van der Waals surface area contributed by atoms with Crippen molar-refractivity contribution in [2.45, 2.75) is 38.6 Å². The lowest BCUT2D eigenvalue weighted by molar-refractivity contribution is -0.149. The lowest BCUT2D eigenvalue weighted by Gasteiger charge is -2.29. The fraction of sp³-hybridized carbons (Fsp3) is 0.500. The van der Waals surface area contributed by atoms with Crippen molar-refractivity contribution in [3.05, 3.63) is 24.4 Å². The average Bonchev–Trinajstić information content (AvgIpc) is 2.97. The minimum atomic E-state index is -0.0521. The second-order valence-electron chi connectivity index (χ2n) is 5.60. The zero-order valence-electron chi connectivity index (χ0n) is 12.3. The zero-order valence-corrected chi connectivity index (χ0v) is 12.3. The average molecular weight is 287 g/mol. The number of hydrogen-bond donors (Lipinski definition) is 2. The number of fused-ring (bicyclic) bond motifs is 1. The zero-order chi connectivity index (χ0) is 14.7. The Bertz CT molecular complexity index is 623. The second kappa shape index (κ2) is 6.16. The Morgan fingerprint density at radius 3 is 3.24 bits per heavy atom. The van der Waals surface area contributed by atoms with Gasteiger partial charge in [-0.05, 0) is 32.3 Å². The number of nitrogens with one attached hydrogen (secondary N) is 2. The third-order valence-electron chi connectivity index (χ3n) is 4.13. The van der Waals surface area contributed by atoms with E-state index in [4.69, 9.17) is 4.74 Å². The molecular weight excluding hydrogens is 266 g/mol. The molecule has 1 heterocycles. The van der Waals surface area contributed by atoms with E-state index in [-0.39, 0.29) is 11.9 Å². The van der Waals surface area contributed by atoms with Crippen molar-refractivity contribution in [3.8, 4) is 0 Å². The van der Waals surface area contributed by atoms with E-state index < -0.39 is 0 Å². The first-order valence-electron chi connectivity index (χ1n) is 7.63. The molecule has 0 saturated heterocycles. The van der Waals surface area contributed by atoms with E-state index in [0.29, 0.717) is 12.6 Å². The number of nitrogens with zero attached hydrogens (tertiary/aromatic N) is 1. The molecule has 3 rings (SSSR count). The van der Waals surface area contributed by atoms with Gasteiger partial charge in [0.15, 0.2) is 0 Å². The summed E-state index contributed by atoms with van der Waals surface area (Å²) in [6.07, 6.45) is 5.73. The van der Waals surface area contributed by atoms with Gasteiger partial charge in [0.05, 0.1) is 29.9 Å². The number of esters is 1.